The molecule has 0 radical (unpaired) electrons. The van der Waals surface area contributed by atoms with Crippen molar-refractivity contribution >= 4 is 28.9 Å². The standard InChI is InChI=1S/C12H18N4OS/c1-8-7-9(15-16(8)2)14-11(17)12(10(13)18)5-3-4-6-12/h7H,3-6H2,1-2H3,(H2,13,18)(H,14,15,17). The van der Waals surface area contributed by atoms with Crippen LogP contribution in [0, 0.1) is 12.3 Å². The van der Waals surface area contributed by atoms with Crippen molar-refractivity contribution < 1.29 is 4.79 Å². The average Bonchev–Trinajstić information content (AvgIpc) is 2.87. The first-order valence-corrected chi connectivity index (χ1v) is 6.48. The summed E-state index contributed by atoms with van der Waals surface area (Å²) in [5.74, 6) is 0.438. The van der Waals surface area contributed by atoms with Crippen molar-refractivity contribution in [2.75, 3.05) is 5.32 Å². The number of thiocarbonyl (C=S) groups is 1. The maximum Gasteiger partial charge on any atom is 0.238 e. The first-order chi connectivity index (χ1) is 8.45. The summed E-state index contributed by atoms with van der Waals surface area (Å²) < 4.78 is 1.72. The van der Waals surface area contributed by atoms with E-state index >= 15 is 0 Å². The third-order valence-electron chi connectivity index (χ3n) is 3.72. The van der Waals surface area contributed by atoms with E-state index < -0.39 is 5.41 Å². The van der Waals surface area contributed by atoms with Gasteiger partial charge in [0.05, 0.1) is 10.4 Å². The fourth-order valence-electron chi connectivity index (χ4n) is 2.42. The zero-order valence-corrected chi connectivity index (χ0v) is 11.5. The Balaban J connectivity index is 2.18. The Morgan fingerprint density at radius 2 is 2.17 bits per heavy atom. The predicted octanol–water partition coefficient (Wildman–Crippen LogP) is 1.51. The summed E-state index contributed by atoms with van der Waals surface area (Å²) >= 11 is 5.08. The van der Waals surface area contributed by atoms with E-state index in [-0.39, 0.29) is 5.91 Å². The van der Waals surface area contributed by atoms with Crippen LogP contribution in [0.5, 0.6) is 0 Å². The predicted molar refractivity (Wildman–Crippen MR) is 74.3 cm³/mol. The molecule has 0 aromatic carbocycles. The van der Waals surface area contributed by atoms with Crippen molar-refractivity contribution in [1.82, 2.24) is 9.78 Å². The zero-order valence-electron chi connectivity index (χ0n) is 10.7. The average molecular weight is 266 g/mol. The van der Waals surface area contributed by atoms with E-state index in [2.05, 4.69) is 10.4 Å². The molecule has 0 bridgehead atoms. The first kappa shape index (κ1) is 13.0. The highest BCUT2D eigenvalue weighted by Gasteiger charge is 2.44. The fraction of sp³-hybridized carbons (Fsp3) is 0.583. The highest BCUT2D eigenvalue weighted by Crippen LogP contribution is 2.39. The number of aryl methyl sites for hydroxylation is 2. The van der Waals surface area contributed by atoms with Gasteiger partial charge in [0.2, 0.25) is 5.91 Å². The van der Waals surface area contributed by atoms with E-state index in [1.165, 1.54) is 0 Å². The minimum absolute atomic E-state index is 0.120. The molecular weight excluding hydrogens is 248 g/mol. The Morgan fingerprint density at radius 1 is 1.56 bits per heavy atom. The second kappa shape index (κ2) is 4.68. The Labute approximate surface area is 112 Å². The summed E-state index contributed by atoms with van der Waals surface area (Å²) in [5, 5.41) is 7.04. The highest BCUT2D eigenvalue weighted by atomic mass is 32.1. The van der Waals surface area contributed by atoms with Crippen LogP contribution >= 0.6 is 12.2 Å². The largest absolute Gasteiger partial charge is 0.392 e. The number of hydrogen-bond donors (Lipinski definition) is 2. The molecule has 0 spiro atoms. The highest BCUT2D eigenvalue weighted by molar-refractivity contribution is 7.80. The normalized spacial score (nSPS) is 17.7. The lowest BCUT2D eigenvalue weighted by Crippen LogP contribution is -2.44. The third kappa shape index (κ3) is 2.12. The van der Waals surface area contributed by atoms with Crippen LogP contribution in [0.4, 0.5) is 5.82 Å². The second-order valence-corrected chi connectivity index (χ2v) is 5.34. The molecule has 1 aromatic rings. The van der Waals surface area contributed by atoms with Crippen molar-refractivity contribution in [3.8, 4) is 0 Å². The molecule has 3 N–H and O–H groups in total. The van der Waals surface area contributed by atoms with Gasteiger partial charge in [-0.05, 0) is 19.8 Å². The first-order valence-electron chi connectivity index (χ1n) is 6.08. The molecule has 2 rings (SSSR count). The summed E-state index contributed by atoms with van der Waals surface area (Å²) in [7, 11) is 1.84. The minimum atomic E-state index is -0.680. The van der Waals surface area contributed by atoms with Gasteiger partial charge in [-0.15, -0.1) is 0 Å². The van der Waals surface area contributed by atoms with Crippen molar-refractivity contribution in [3.63, 3.8) is 0 Å². The lowest BCUT2D eigenvalue weighted by Gasteiger charge is -2.25. The van der Waals surface area contributed by atoms with Crippen LogP contribution in [0.15, 0.2) is 6.07 Å². The quantitative estimate of drug-likeness (QED) is 0.813. The molecule has 1 amide bonds. The van der Waals surface area contributed by atoms with Gasteiger partial charge in [0.15, 0.2) is 5.82 Å². The van der Waals surface area contributed by atoms with E-state index in [4.69, 9.17) is 18.0 Å². The number of rotatable bonds is 3. The van der Waals surface area contributed by atoms with Crippen LogP contribution in [-0.4, -0.2) is 20.7 Å². The Bertz CT molecular complexity index is 469. The Hall–Kier alpha value is -1.43. The second-order valence-electron chi connectivity index (χ2n) is 4.90. The molecular formula is C12H18N4OS. The number of nitrogens with one attached hydrogen (secondary N) is 1. The summed E-state index contributed by atoms with van der Waals surface area (Å²) in [6.45, 7) is 1.93. The summed E-state index contributed by atoms with van der Waals surface area (Å²) in [5.41, 5.74) is 6.07. The van der Waals surface area contributed by atoms with Crippen LogP contribution in [-0.2, 0) is 11.8 Å². The topological polar surface area (TPSA) is 72.9 Å². The smallest absolute Gasteiger partial charge is 0.238 e. The summed E-state index contributed by atoms with van der Waals surface area (Å²) in [6.07, 6.45) is 3.46. The van der Waals surface area contributed by atoms with Crippen LogP contribution in [0.25, 0.3) is 0 Å². The van der Waals surface area contributed by atoms with Gasteiger partial charge < -0.3 is 11.1 Å². The number of hydrogen-bond acceptors (Lipinski definition) is 3. The maximum absolute atomic E-state index is 12.4. The monoisotopic (exact) mass is 266 g/mol. The molecule has 0 aliphatic heterocycles. The fourth-order valence-corrected chi connectivity index (χ4v) is 2.72. The number of carbonyl (C=O) groups is 1. The molecule has 1 aliphatic carbocycles. The number of carbonyl (C=O) groups excluding carboxylic acids is 1. The number of amides is 1. The molecule has 98 valence electrons. The summed E-state index contributed by atoms with van der Waals surface area (Å²) in [4.78, 5) is 12.7. The molecule has 6 heteroatoms. The van der Waals surface area contributed by atoms with Gasteiger partial charge in [-0.25, -0.2) is 0 Å². The Morgan fingerprint density at radius 3 is 2.61 bits per heavy atom. The molecule has 0 atom stereocenters. The van der Waals surface area contributed by atoms with Gasteiger partial charge in [-0.3, -0.25) is 9.48 Å². The van der Waals surface area contributed by atoms with Gasteiger partial charge in [-0.1, -0.05) is 25.1 Å². The number of nitrogens with zero attached hydrogens (tertiary/aromatic N) is 2. The van der Waals surface area contributed by atoms with E-state index in [1.54, 1.807) is 4.68 Å². The molecule has 0 saturated heterocycles. The Kier molecular flexibility index (Phi) is 3.38. The van der Waals surface area contributed by atoms with Crippen molar-refractivity contribution in [2.24, 2.45) is 18.2 Å². The zero-order chi connectivity index (χ0) is 13.3. The van der Waals surface area contributed by atoms with Crippen LogP contribution in [0.2, 0.25) is 0 Å². The molecule has 1 saturated carbocycles. The van der Waals surface area contributed by atoms with Crippen LogP contribution in [0.1, 0.15) is 31.4 Å². The SMILES string of the molecule is Cc1cc(NC(=O)C2(C(N)=S)CCCC2)nn1C. The molecule has 1 fully saturated rings. The van der Waals surface area contributed by atoms with Gasteiger partial charge in [0.1, 0.15) is 0 Å². The van der Waals surface area contributed by atoms with Crippen molar-refractivity contribution in [1.29, 1.82) is 0 Å². The molecule has 1 aliphatic rings. The van der Waals surface area contributed by atoms with Crippen molar-refractivity contribution in [2.45, 2.75) is 32.6 Å². The lowest BCUT2D eigenvalue weighted by molar-refractivity contribution is -0.122. The molecule has 18 heavy (non-hydrogen) atoms. The van der Waals surface area contributed by atoms with Gasteiger partial charge in [0.25, 0.3) is 0 Å². The lowest BCUT2D eigenvalue weighted by atomic mass is 9.85. The van der Waals surface area contributed by atoms with E-state index in [0.717, 1.165) is 31.4 Å². The van der Waals surface area contributed by atoms with E-state index in [1.807, 2.05) is 20.0 Å². The third-order valence-corrected chi connectivity index (χ3v) is 4.11. The van der Waals surface area contributed by atoms with Gasteiger partial charge in [-0.2, -0.15) is 5.10 Å². The number of aromatic nitrogens is 2. The molecule has 1 heterocycles. The van der Waals surface area contributed by atoms with Crippen LogP contribution in [0.3, 0.4) is 0 Å². The summed E-state index contributed by atoms with van der Waals surface area (Å²) in [6, 6.07) is 1.83. The molecule has 5 nitrogen and oxygen atoms in total. The van der Waals surface area contributed by atoms with Crippen molar-refractivity contribution in [3.05, 3.63) is 11.8 Å². The maximum atomic E-state index is 12.4. The number of anilines is 1. The van der Waals surface area contributed by atoms with E-state index in [9.17, 15) is 4.79 Å². The van der Waals surface area contributed by atoms with Gasteiger partial charge in [0, 0.05) is 18.8 Å². The molecule has 1 aromatic heterocycles. The van der Waals surface area contributed by atoms with E-state index in [0.29, 0.717) is 10.8 Å². The minimum Gasteiger partial charge on any atom is -0.392 e. The number of nitrogens with two attached hydrogens (primary N) is 1. The van der Waals surface area contributed by atoms with Crippen LogP contribution < -0.4 is 11.1 Å². The molecule has 0 unspecified atom stereocenters. The van der Waals surface area contributed by atoms with Gasteiger partial charge >= 0.3 is 0 Å².